The summed E-state index contributed by atoms with van der Waals surface area (Å²) in [4.78, 5) is 31.2. The molecular weight excluding hydrogens is 1970 g/mol. The van der Waals surface area contributed by atoms with Gasteiger partial charge in [0, 0.05) is 230 Å². The Bertz CT molecular complexity index is 5610. The fourth-order valence-electron chi connectivity index (χ4n) is 23.0. The second-order valence-corrected chi connectivity index (χ2v) is 45.5. The van der Waals surface area contributed by atoms with Crippen molar-refractivity contribution in [3.63, 3.8) is 0 Å². The molecule has 0 aliphatic carbocycles. The first kappa shape index (κ1) is 107. The molecule has 0 amide bonds. The van der Waals surface area contributed by atoms with E-state index in [9.17, 15) is 22.0 Å². The maximum absolute atomic E-state index is 15.8. The second-order valence-electron chi connectivity index (χ2n) is 43.1. The van der Waals surface area contributed by atoms with E-state index in [0.29, 0.717) is 98.5 Å². The van der Waals surface area contributed by atoms with Crippen LogP contribution in [-0.4, -0.2) is 238 Å². The molecule has 20 rings (SSSR count). The summed E-state index contributed by atoms with van der Waals surface area (Å²) >= 11 is 41.0. The summed E-state index contributed by atoms with van der Waals surface area (Å²) in [6.07, 6.45) is 7.66. The number of nitrogens with zero attached hydrogens (tertiary/aromatic N) is 8. The number of halogens is 14. The molecule has 8 aliphatic rings. The molecule has 0 spiro atoms. The lowest BCUT2D eigenvalue weighted by molar-refractivity contribution is -0.0373. The summed E-state index contributed by atoms with van der Waals surface area (Å²) in [6.45, 7) is 39.0. The first-order valence-corrected chi connectivity index (χ1v) is 53.7. The van der Waals surface area contributed by atoms with Crippen molar-refractivity contribution in [1.82, 2.24) is 59.1 Å². The summed E-state index contributed by atoms with van der Waals surface area (Å²) < 4.78 is 143. The summed E-state index contributed by atoms with van der Waals surface area (Å²) in [5, 5.41) is 6.84. The number of hydrogen-bond acceptors (Lipinski definition) is 12. The lowest BCUT2D eigenvalue weighted by Gasteiger charge is -2.43. The molecule has 4 fully saturated rings. The number of H-pyrrole nitrogens is 4. The minimum Gasteiger partial charge on any atom is -0.492 e. The first-order valence-electron chi connectivity index (χ1n) is 51.5. The van der Waals surface area contributed by atoms with E-state index in [4.69, 9.17) is 88.6 Å². The molecule has 4 saturated heterocycles. The molecular formula is C114H138Cl6F8N12O4. The number of likely N-dealkylation sites (tertiary alicyclic amines) is 4. The maximum atomic E-state index is 15.8. The Morgan fingerprint density at radius 1 is 0.306 bits per heavy atom. The molecule has 0 radical (unpaired) electrons. The van der Waals surface area contributed by atoms with Crippen LogP contribution in [-0.2, 0) is 25.7 Å². The molecule has 8 aliphatic heterocycles. The predicted octanol–water partition coefficient (Wildman–Crippen LogP) is 27.9. The van der Waals surface area contributed by atoms with Gasteiger partial charge in [0.15, 0.2) is 0 Å². The Labute approximate surface area is 872 Å². The van der Waals surface area contributed by atoms with E-state index >= 15 is 13.2 Å². The number of ether oxygens (including phenoxy) is 4. The lowest BCUT2D eigenvalue weighted by Crippen LogP contribution is -2.48. The Kier molecular flexibility index (Phi) is 33.5. The van der Waals surface area contributed by atoms with Gasteiger partial charge in [0.25, 0.3) is 11.8 Å². The largest absolute Gasteiger partial charge is 0.492 e. The fourth-order valence-corrected chi connectivity index (χ4v) is 25.0. The van der Waals surface area contributed by atoms with E-state index in [1.807, 2.05) is 103 Å². The van der Waals surface area contributed by atoms with Gasteiger partial charge in [-0.3, -0.25) is 39.2 Å². The summed E-state index contributed by atoms with van der Waals surface area (Å²) in [6, 6.07) is 43.2. The van der Waals surface area contributed by atoms with Gasteiger partial charge in [0.05, 0.1) is 67.4 Å². The fraction of sp³-hybridized carbons (Fsp3) is 0.509. The molecule has 144 heavy (non-hydrogen) atoms. The van der Waals surface area contributed by atoms with Crippen molar-refractivity contribution < 1.29 is 54.1 Å². The smallest absolute Gasteiger partial charge is 0.257 e. The molecule has 16 nitrogen and oxygen atoms in total. The maximum Gasteiger partial charge on any atom is 0.257 e. The third-order valence-electron chi connectivity index (χ3n) is 30.6. The number of para-hydroxylation sites is 4. The first-order chi connectivity index (χ1) is 68.6. The number of benzene rings is 8. The van der Waals surface area contributed by atoms with Crippen LogP contribution in [0.3, 0.4) is 0 Å². The van der Waals surface area contributed by atoms with Crippen molar-refractivity contribution >= 4 is 113 Å². The Hall–Kier alpha value is -8.02. The van der Waals surface area contributed by atoms with E-state index in [-0.39, 0.29) is 53.9 Å². The average Bonchev–Trinajstić information content (AvgIpc) is 1.56. The predicted molar refractivity (Wildman–Crippen MR) is 570 cm³/mol. The van der Waals surface area contributed by atoms with Gasteiger partial charge in [-0.2, -0.15) is 0 Å². The minimum atomic E-state index is -2.95. The van der Waals surface area contributed by atoms with Gasteiger partial charge < -0.3 is 38.9 Å². The Balaban J connectivity index is 0.000000132. The molecule has 776 valence electrons. The highest BCUT2D eigenvalue weighted by Crippen LogP contribution is 2.53. The topological polar surface area (TPSA) is 126 Å². The molecule has 0 saturated carbocycles. The van der Waals surface area contributed by atoms with Gasteiger partial charge in [-0.15, -0.1) is 0 Å². The van der Waals surface area contributed by atoms with Crippen LogP contribution in [0.2, 0.25) is 30.1 Å². The van der Waals surface area contributed by atoms with Crippen molar-refractivity contribution in [3.05, 3.63) is 255 Å². The van der Waals surface area contributed by atoms with E-state index < -0.39 is 66.0 Å². The molecule has 8 aromatic carbocycles. The van der Waals surface area contributed by atoms with Crippen molar-refractivity contribution in [2.24, 2.45) is 23.7 Å². The zero-order valence-corrected chi connectivity index (χ0v) is 89.6. The van der Waals surface area contributed by atoms with Crippen molar-refractivity contribution in [1.29, 1.82) is 0 Å². The highest BCUT2D eigenvalue weighted by Gasteiger charge is 2.48. The molecule has 8 atom stereocenters. The van der Waals surface area contributed by atoms with Crippen LogP contribution in [0.1, 0.15) is 214 Å². The van der Waals surface area contributed by atoms with Crippen LogP contribution in [0.25, 0.3) is 43.6 Å². The van der Waals surface area contributed by atoms with Gasteiger partial charge in [-0.1, -0.05) is 196 Å². The standard InChI is InChI=1S/C29H36Cl2FN3O.C29H36ClF2N3O.C28H33Cl2F2N3O.C28H33ClF3N3O/c2*1-5-19-15-34(16-19)10-11-36-20-13-23(30)26(24(31)14-20)28-27-22(21-8-6-7-9-25(21)33-27)12-18(2)35(28)17-29(3,4)32;2*1-4-18-14-34(15-18)9-10-36-19-12-22(29)25(23(30)13-19)27-26-21(20-7-5-6-8-24(20)33-26)11-17(2)35(27)16-28(3,31)32/h2*6-9,13-14,18-19,28,33H,5,10-12,15-17H2,1-4H3;2*5-8,12-13,17-18,27,33H,4,9-11,14-16H2,1-3H3/t2*18-,28-;2*17-,27-/m1111/s1. The number of fused-ring (bicyclic) bond motifs is 12. The van der Waals surface area contributed by atoms with Crippen LogP contribution in [0, 0.1) is 35.3 Å². The van der Waals surface area contributed by atoms with Crippen LogP contribution >= 0.6 is 69.6 Å². The van der Waals surface area contributed by atoms with E-state index in [2.05, 4.69) is 116 Å². The zero-order chi connectivity index (χ0) is 102. The molecule has 30 heteroatoms. The Morgan fingerprint density at radius 3 is 0.729 bits per heavy atom. The average molecular weight is 2110 g/mol. The summed E-state index contributed by atoms with van der Waals surface area (Å²) in [5.41, 5.74) is 11.2. The number of alkyl halides is 6. The quantitative estimate of drug-likeness (QED) is 0.0300. The van der Waals surface area contributed by atoms with Crippen LogP contribution in [0.4, 0.5) is 35.1 Å². The van der Waals surface area contributed by atoms with Gasteiger partial charge >= 0.3 is 0 Å². The highest BCUT2D eigenvalue weighted by molar-refractivity contribution is 6.37. The highest BCUT2D eigenvalue weighted by atomic mass is 35.5. The Morgan fingerprint density at radius 2 is 0.514 bits per heavy atom. The van der Waals surface area contributed by atoms with Gasteiger partial charge in [-0.05, 0) is 188 Å². The number of hydrogen-bond donors (Lipinski definition) is 4. The normalized spacial score (nSPS) is 21.5. The molecule has 0 bridgehead atoms. The molecule has 12 aromatic rings. The van der Waals surface area contributed by atoms with E-state index in [1.54, 1.807) is 56.9 Å². The van der Waals surface area contributed by atoms with Crippen LogP contribution < -0.4 is 18.9 Å². The third-order valence-corrected chi connectivity index (χ3v) is 32.4. The van der Waals surface area contributed by atoms with E-state index in [0.717, 1.165) is 212 Å². The molecule has 4 aromatic heterocycles. The van der Waals surface area contributed by atoms with Crippen LogP contribution in [0.15, 0.2) is 146 Å². The van der Waals surface area contributed by atoms with Crippen molar-refractivity contribution in [2.45, 2.75) is 220 Å². The minimum absolute atomic E-state index is 0.00611. The molecule has 4 N–H and O–H groups in total. The SMILES string of the molecule is CCC1CN(CCOc2cc(Cl)c([C@@H]3c4[nH]c5ccccc5c4C[C@@H](C)N3CC(C)(C)F)c(Cl)c2)C1.CCC1CN(CCOc2cc(Cl)c([C@@H]3c4[nH]c5ccccc5c4C[C@@H](C)N3CC(C)(F)F)c(Cl)c2)C1.CCC1CN(CCOc2cc(F)c([C@@H]3c4[nH]c5ccccc5c4C[C@@H](C)N3CC(C)(C)F)c(Cl)c2)C1.CCC1CN(CCOc2cc(F)c([C@@H]3c4[nH]c5ccccc5c4C[C@@H](C)N3CC(C)(F)F)c(Cl)c2)C1. The lowest BCUT2D eigenvalue weighted by atomic mass is 9.87. The van der Waals surface area contributed by atoms with Gasteiger partial charge in [0.2, 0.25) is 0 Å². The summed E-state index contributed by atoms with van der Waals surface area (Å²) in [5.74, 6) is -1.64. The molecule has 0 unspecified atom stereocenters. The summed E-state index contributed by atoms with van der Waals surface area (Å²) in [7, 11) is 0. The number of rotatable bonds is 32. The zero-order valence-electron chi connectivity index (χ0n) is 85.1. The number of aromatic amines is 4. The van der Waals surface area contributed by atoms with Crippen LogP contribution in [0.5, 0.6) is 23.0 Å². The van der Waals surface area contributed by atoms with Gasteiger partial charge in [-0.25, -0.2) is 35.1 Å². The monoisotopic (exact) mass is 2100 g/mol. The van der Waals surface area contributed by atoms with Crippen molar-refractivity contribution in [2.75, 3.05) is 131 Å². The molecule has 12 heterocycles. The second kappa shape index (κ2) is 45.0. The number of aromatic nitrogens is 4. The third kappa shape index (κ3) is 24.3. The van der Waals surface area contributed by atoms with Crippen molar-refractivity contribution in [3.8, 4) is 23.0 Å². The number of nitrogens with one attached hydrogen (secondary N) is 4. The van der Waals surface area contributed by atoms with Gasteiger partial charge in [0.1, 0.15) is 72.4 Å². The van der Waals surface area contributed by atoms with E-state index in [1.165, 1.54) is 48.8 Å².